The Labute approximate surface area is 174 Å². The Morgan fingerprint density at radius 1 is 0.833 bits per heavy atom. The first-order valence-corrected chi connectivity index (χ1v) is 10.0. The number of aromatic amines is 1. The van der Waals surface area contributed by atoms with Crippen LogP contribution in [0.15, 0.2) is 97.1 Å². The summed E-state index contributed by atoms with van der Waals surface area (Å²) in [5, 5.41) is 5.44. The molecule has 0 bridgehead atoms. The number of fused-ring (bicyclic) bond motifs is 2. The lowest BCUT2D eigenvalue weighted by Gasteiger charge is -2.18. The quantitative estimate of drug-likeness (QED) is 0.434. The summed E-state index contributed by atoms with van der Waals surface area (Å²) < 4.78 is 0. The fourth-order valence-electron chi connectivity index (χ4n) is 3.90. The van der Waals surface area contributed by atoms with Crippen molar-refractivity contribution < 1.29 is 4.79 Å². The van der Waals surface area contributed by atoms with Gasteiger partial charge in [0, 0.05) is 0 Å². The number of rotatable bonds is 5. The summed E-state index contributed by atoms with van der Waals surface area (Å²) in [7, 11) is 0. The highest BCUT2D eigenvalue weighted by molar-refractivity contribution is 5.90. The molecule has 0 fully saturated rings. The summed E-state index contributed by atoms with van der Waals surface area (Å²) in [5.41, 5.74) is 3.85. The Morgan fingerprint density at radius 3 is 2.43 bits per heavy atom. The molecule has 1 unspecified atom stereocenters. The van der Waals surface area contributed by atoms with Crippen LogP contribution in [-0.4, -0.2) is 15.9 Å². The molecular weight excluding hydrogens is 370 g/mol. The van der Waals surface area contributed by atoms with E-state index < -0.39 is 0 Å². The summed E-state index contributed by atoms with van der Waals surface area (Å²) in [6, 6.07) is 31.7. The molecule has 1 amide bonds. The molecule has 0 saturated heterocycles. The van der Waals surface area contributed by atoms with Gasteiger partial charge in [0.2, 0.25) is 5.91 Å². The molecule has 1 heterocycles. The van der Waals surface area contributed by atoms with Crippen molar-refractivity contribution in [3.05, 3.63) is 114 Å². The molecule has 30 heavy (non-hydrogen) atoms. The van der Waals surface area contributed by atoms with E-state index in [1.54, 1.807) is 0 Å². The van der Waals surface area contributed by atoms with Gasteiger partial charge in [-0.15, -0.1) is 0 Å². The highest BCUT2D eigenvalue weighted by Crippen LogP contribution is 2.24. The third-order valence-electron chi connectivity index (χ3n) is 5.35. The number of carbonyl (C=O) groups excluding carboxylic acids is 1. The number of hydrogen-bond donors (Lipinski definition) is 2. The zero-order valence-corrected chi connectivity index (χ0v) is 16.4. The predicted octanol–water partition coefficient (Wildman–Crippen LogP) is 5.16. The first-order chi connectivity index (χ1) is 14.8. The molecule has 0 saturated carbocycles. The van der Waals surface area contributed by atoms with Crippen LogP contribution in [0.3, 0.4) is 0 Å². The minimum absolute atomic E-state index is 0.0411. The highest BCUT2D eigenvalue weighted by atomic mass is 16.1. The van der Waals surface area contributed by atoms with Crippen molar-refractivity contribution >= 4 is 27.7 Å². The van der Waals surface area contributed by atoms with Gasteiger partial charge in [-0.3, -0.25) is 4.79 Å². The fourth-order valence-corrected chi connectivity index (χ4v) is 3.90. The van der Waals surface area contributed by atoms with Crippen LogP contribution in [-0.2, 0) is 11.2 Å². The van der Waals surface area contributed by atoms with Crippen molar-refractivity contribution in [1.29, 1.82) is 0 Å². The monoisotopic (exact) mass is 391 g/mol. The van der Waals surface area contributed by atoms with E-state index in [9.17, 15) is 4.79 Å². The van der Waals surface area contributed by atoms with Crippen LogP contribution in [0, 0.1) is 0 Å². The van der Waals surface area contributed by atoms with E-state index in [4.69, 9.17) is 4.98 Å². The maximum atomic E-state index is 13.1. The lowest BCUT2D eigenvalue weighted by molar-refractivity contribution is -0.121. The van der Waals surface area contributed by atoms with Crippen LogP contribution in [0.2, 0.25) is 0 Å². The number of carbonyl (C=O) groups is 1. The molecule has 0 aliphatic heterocycles. The van der Waals surface area contributed by atoms with Gasteiger partial charge in [-0.25, -0.2) is 4.98 Å². The number of aromatic nitrogens is 2. The first-order valence-electron chi connectivity index (χ1n) is 10.0. The normalized spacial score (nSPS) is 12.1. The number of nitrogens with zero attached hydrogens (tertiary/aromatic N) is 1. The number of nitrogens with one attached hydrogen (secondary N) is 2. The van der Waals surface area contributed by atoms with Gasteiger partial charge in [-0.05, 0) is 34.0 Å². The van der Waals surface area contributed by atoms with E-state index in [-0.39, 0.29) is 11.9 Å². The van der Waals surface area contributed by atoms with E-state index in [2.05, 4.69) is 28.5 Å². The SMILES string of the molecule is O=C(Cc1cccc2ccccc12)NC(c1ccccc1)c1nc2ccccc2[nH]1. The summed E-state index contributed by atoms with van der Waals surface area (Å²) in [6.07, 6.45) is 0.310. The van der Waals surface area contributed by atoms with E-state index >= 15 is 0 Å². The summed E-state index contributed by atoms with van der Waals surface area (Å²) >= 11 is 0. The van der Waals surface area contributed by atoms with Crippen LogP contribution in [0.25, 0.3) is 21.8 Å². The Morgan fingerprint density at radius 2 is 1.57 bits per heavy atom. The minimum atomic E-state index is -0.346. The Balaban J connectivity index is 1.47. The second kappa shape index (κ2) is 7.84. The standard InChI is InChI=1S/C26H21N3O/c30-24(17-20-13-8-12-18-9-4-5-14-21(18)20)29-25(19-10-2-1-3-11-19)26-27-22-15-6-7-16-23(22)28-26/h1-16,25H,17H2,(H,27,28)(H,29,30). The van der Waals surface area contributed by atoms with E-state index in [0.29, 0.717) is 6.42 Å². The Kier molecular flexibility index (Phi) is 4.74. The van der Waals surface area contributed by atoms with Crippen LogP contribution in [0.4, 0.5) is 0 Å². The van der Waals surface area contributed by atoms with Crippen molar-refractivity contribution in [1.82, 2.24) is 15.3 Å². The third-order valence-corrected chi connectivity index (χ3v) is 5.35. The van der Waals surface area contributed by atoms with Gasteiger partial charge in [0.15, 0.2) is 0 Å². The largest absolute Gasteiger partial charge is 0.342 e. The fraction of sp³-hybridized carbons (Fsp3) is 0.0769. The number of hydrogen-bond acceptors (Lipinski definition) is 2. The minimum Gasteiger partial charge on any atom is -0.342 e. The summed E-state index contributed by atoms with van der Waals surface area (Å²) in [5.74, 6) is 0.689. The van der Waals surface area contributed by atoms with Crippen LogP contribution in [0.5, 0.6) is 0 Å². The van der Waals surface area contributed by atoms with Crippen molar-refractivity contribution in [2.75, 3.05) is 0 Å². The van der Waals surface area contributed by atoms with Gasteiger partial charge in [0.05, 0.1) is 17.5 Å². The number of imidazole rings is 1. The van der Waals surface area contributed by atoms with Crippen molar-refractivity contribution in [2.45, 2.75) is 12.5 Å². The molecule has 4 nitrogen and oxygen atoms in total. The molecule has 1 aromatic heterocycles. The average molecular weight is 391 g/mol. The predicted molar refractivity (Wildman–Crippen MR) is 120 cm³/mol. The Hall–Kier alpha value is -3.92. The van der Waals surface area contributed by atoms with Gasteiger partial charge in [-0.2, -0.15) is 0 Å². The molecule has 0 spiro atoms. The van der Waals surface area contributed by atoms with E-state index in [1.807, 2.05) is 78.9 Å². The van der Waals surface area contributed by atoms with Gasteiger partial charge >= 0.3 is 0 Å². The zero-order chi connectivity index (χ0) is 20.3. The maximum absolute atomic E-state index is 13.1. The molecule has 0 aliphatic carbocycles. The van der Waals surface area contributed by atoms with Gasteiger partial charge in [0.25, 0.3) is 0 Å². The smallest absolute Gasteiger partial charge is 0.225 e. The van der Waals surface area contributed by atoms with Crippen LogP contribution < -0.4 is 5.32 Å². The number of benzene rings is 4. The molecular formula is C26H21N3O. The molecule has 4 heteroatoms. The van der Waals surface area contributed by atoms with Crippen LogP contribution >= 0.6 is 0 Å². The maximum Gasteiger partial charge on any atom is 0.225 e. The second-order valence-corrected chi connectivity index (χ2v) is 7.37. The summed E-state index contributed by atoms with van der Waals surface area (Å²) in [4.78, 5) is 21.2. The molecule has 0 aliphatic rings. The second-order valence-electron chi connectivity index (χ2n) is 7.37. The topological polar surface area (TPSA) is 57.8 Å². The van der Waals surface area contributed by atoms with Crippen LogP contribution in [0.1, 0.15) is 23.0 Å². The molecule has 1 atom stereocenters. The lowest BCUT2D eigenvalue weighted by atomic mass is 10.0. The van der Waals surface area contributed by atoms with Gasteiger partial charge < -0.3 is 10.3 Å². The van der Waals surface area contributed by atoms with E-state index in [0.717, 1.165) is 38.8 Å². The molecule has 146 valence electrons. The van der Waals surface area contributed by atoms with Crippen molar-refractivity contribution in [2.24, 2.45) is 0 Å². The average Bonchev–Trinajstić information content (AvgIpc) is 3.22. The molecule has 5 rings (SSSR count). The van der Waals surface area contributed by atoms with Crippen molar-refractivity contribution in [3.63, 3.8) is 0 Å². The number of H-pyrrole nitrogens is 1. The molecule has 5 aromatic rings. The van der Waals surface area contributed by atoms with Crippen molar-refractivity contribution in [3.8, 4) is 0 Å². The van der Waals surface area contributed by atoms with Gasteiger partial charge in [-0.1, -0.05) is 84.9 Å². The highest BCUT2D eigenvalue weighted by Gasteiger charge is 2.21. The lowest BCUT2D eigenvalue weighted by Crippen LogP contribution is -2.31. The number of amides is 1. The van der Waals surface area contributed by atoms with E-state index in [1.165, 1.54) is 0 Å². The molecule has 0 radical (unpaired) electrons. The molecule has 2 N–H and O–H groups in total. The Bertz CT molecular complexity index is 1290. The molecule has 4 aromatic carbocycles. The third kappa shape index (κ3) is 3.55. The zero-order valence-electron chi connectivity index (χ0n) is 16.4. The summed E-state index contributed by atoms with van der Waals surface area (Å²) in [6.45, 7) is 0. The number of para-hydroxylation sites is 2. The first kappa shape index (κ1) is 18.1. The van der Waals surface area contributed by atoms with Gasteiger partial charge in [0.1, 0.15) is 11.9 Å².